The van der Waals surface area contributed by atoms with Gasteiger partial charge in [0.15, 0.2) is 9.84 Å². The highest BCUT2D eigenvalue weighted by Crippen LogP contribution is 2.24. The van der Waals surface area contributed by atoms with E-state index in [1.54, 1.807) is 24.3 Å². The lowest BCUT2D eigenvalue weighted by atomic mass is 10.2. The van der Waals surface area contributed by atoms with Crippen molar-refractivity contribution in [1.82, 2.24) is 4.31 Å². The van der Waals surface area contributed by atoms with Crippen molar-refractivity contribution in [3.05, 3.63) is 51.2 Å². The van der Waals surface area contributed by atoms with E-state index in [2.05, 4.69) is 0 Å². The summed E-state index contributed by atoms with van der Waals surface area (Å²) in [5.41, 5.74) is 0.440. The minimum Gasteiger partial charge on any atom is -0.228 e. The van der Waals surface area contributed by atoms with Gasteiger partial charge in [0.05, 0.1) is 20.7 Å². The number of rotatable bonds is 6. The molecule has 0 spiro atoms. The molecule has 1 aromatic heterocycles. The second kappa shape index (κ2) is 6.90. The first kappa shape index (κ1) is 18.4. The number of sulfone groups is 1. The summed E-state index contributed by atoms with van der Waals surface area (Å²) >= 11 is 7.02. The molecule has 23 heavy (non-hydrogen) atoms. The van der Waals surface area contributed by atoms with E-state index in [1.165, 1.54) is 37.6 Å². The Morgan fingerprint density at radius 3 is 2.30 bits per heavy atom. The highest BCUT2D eigenvalue weighted by atomic mass is 35.5. The average molecular weight is 394 g/mol. The molecule has 0 aliphatic carbocycles. The second-order valence-electron chi connectivity index (χ2n) is 5.17. The Bertz CT molecular complexity index is 902. The van der Waals surface area contributed by atoms with E-state index < -0.39 is 19.9 Å². The summed E-state index contributed by atoms with van der Waals surface area (Å²) < 4.78 is 50.4. The first-order valence-corrected chi connectivity index (χ1v) is 11.0. The molecular formula is C14H16ClNO4S3. The van der Waals surface area contributed by atoms with E-state index in [-0.39, 0.29) is 16.4 Å². The lowest BCUT2D eigenvalue weighted by Crippen LogP contribution is -2.22. The van der Waals surface area contributed by atoms with E-state index in [4.69, 9.17) is 11.6 Å². The lowest BCUT2D eigenvalue weighted by Gasteiger charge is -2.12. The standard InChI is InChI=1S/C14H16ClNO4S3/c1-16(2)23(19,20)13-5-3-4-11(8-13)9-22(17,18)10-12-6-7-14(15)21-12/h3-8H,9-10H2,1-2H3. The summed E-state index contributed by atoms with van der Waals surface area (Å²) in [6.07, 6.45) is 0. The third-order valence-electron chi connectivity index (χ3n) is 3.05. The molecule has 1 aromatic carbocycles. The molecule has 2 aromatic rings. The van der Waals surface area contributed by atoms with Gasteiger partial charge in [0.2, 0.25) is 10.0 Å². The van der Waals surface area contributed by atoms with Crippen molar-refractivity contribution >= 4 is 42.8 Å². The molecule has 0 fully saturated rings. The van der Waals surface area contributed by atoms with Crippen molar-refractivity contribution in [2.75, 3.05) is 14.1 Å². The molecule has 0 saturated heterocycles. The minimum absolute atomic E-state index is 0.0781. The van der Waals surface area contributed by atoms with Crippen LogP contribution in [0.3, 0.4) is 0 Å². The second-order valence-corrected chi connectivity index (χ2v) is 11.2. The average Bonchev–Trinajstić information content (AvgIpc) is 2.82. The van der Waals surface area contributed by atoms with Crippen molar-refractivity contribution in [1.29, 1.82) is 0 Å². The van der Waals surface area contributed by atoms with E-state index in [1.807, 2.05) is 0 Å². The Balaban J connectivity index is 2.23. The highest BCUT2D eigenvalue weighted by molar-refractivity contribution is 7.90. The van der Waals surface area contributed by atoms with Crippen LogP contribution in [0.2, 0.25) is 4.34 Å². The molecular weight excluding hydrogens is 378 g/mol. The number of sulfonamides is 1. The zero-order chi connectivity index (χ0) is 17.3. The molecule has 2 rings (SSSR count). The van der Waals surface area contributed by atoms with Crippen molar-refractivity contribution < 1.29 is 16.8 Å². The van der Waals surface area contributed by atoms with E-state index in [9.17, 15) is 16.8 Å². The SMILES string of the molecule is CN(C)S(=O)(=O)c1cccc(CS(=O)(=O)Cc2ccc(Cl)s2)c1. The number of nitrogens with zero attached hydrogens (tertiary/aromatic N) is 1. The van der Waals surface area contributed by atoms with Gasteiger partial charge in [0, 0.05) is 19.0 Å². The summed E-state index contributed by atoms with van der Waals surface area (Å²) in [5.74, 6) is -0.339. The number of halogens is 1. The van der Waals surface area contributed by atoms with Crippen LogP contribution in [-0.2, 0) is 31.4 Å². The Morgan fingerprint density at radius 1 is 1.04 bits per heavy atom. The number of hydrogen-bond acceptors (Lipinski definition) is 5. The molecule has 5 nitrogen and oxygen atoms in total. The number of hydrogen-bond donors (Lipinski definition) is 0. The van der Waals surface area contributed by atoms with Gasteiger partial charge < -0.3 is 0 Å². The number of benzene rings is 1. The zero-order valence-electron chi connectivity index (χ0n) is 12.6. The van der Waals surface area contributed by atoms with Crippen molar-refractivity contribution in [2.45, 2.75) is 16.4 Å². The first-order valence-electron chi connectivity index (χ1n) is 6.56. The van der Waals surface area contributed by atoms with Crippen LogP contribution in [0.4, 0.5) is 0 Å². The molecule has 0 aliphatic rings. The van der Waals surface area contributed by atoms with Gasteiger partial charge in [-0.05, 0) is 29.8 Å². The van der Waals surface area contributed by atoms with Crippen molar-refractivity contribution in [3.63, 3.8) is 0 Å². The maximum atomic E-state index is 12.3. The van der Waals surface area contributed by atoms with Gasteiger partial charge >= 0.3 is 0 Å². The predicted molar refractivity (Wildman–Crippen MR) is 93.0 cm³/mol. The Labute approximate surface area is 145 Å². The van der Waals surface area contributed by atoms with Crippen molar-refractivity contribution in [2.24, 2.45) is 0 Å². The molecule has 0 N–H and O–H groups in total. The Hall–Kier alpha value is -0.930. The Morgan fingerprint density at radius 2 is 1.74 bits per heavy atom. The fraction of sp³-hybridized carbons (Fsp3) is 0.286. The molecule has 0 unspecified atom stereocenters. The van der Waals surface area contributed by atoms with Gasteiger partial charge in [-0.15, -0.1) is 11.3 Å². The first-order chi connectivity index (χ1) is 10.6. The van der Waals surface area contributed by atoms with Crippen LogP contribution in [-0.4, -0.2) is 35.2 Å². The minimum atomic E-state index is -3.59. The monoisotopic (exact) mass is 393 g/mol. The third-order valence-corrected chi connectivity index (χ3v) is 7.80. The van der Waals surface area contributed by atoms with Crippen molar-refractivity contribution in [3.8, 4) is 0 Å². The largest absolute Gasteiger partial charge is 0.242 e. The van der Waals surface area contributed by atoms with E-state index in [0.29, 0.717) is 14.8 Å². The summed E-state index contributed by atoms with van der Waals surface area (Å²) in [6.45, 7) is 0. The maximum Gasteiger partial charge on any atom is 0.242 e. The molecule has 0 atom stereocenters. The third kappa shape index (κ3) is 4.77. The molecule has 126 valence electrons. The quantitative estimate of drug-likeness (QED) is 0.756. The van der Waals surface area contributed by atoms with Crippen LogP contribution in [0.5, 0.6) is 0 Å². The molecule has 1 heterocycles. The smallest absolute Gasteiger partial charge is 0.228 e. The van der Waals surface area contributed by atoms with Gasteiger partial charge in [0.1, 0.15) is 0 Å². The highest BCUT2D eigenvalue weighted by Gasteiger charge is 2.19. The van der Waals surface area contributed by atoms with Gasteiger partial charge in [-0.2, -0.15) is 0 Å². The van der Waals surface area contributed by atoms with Crippen LogP contribution in [0.25, 0.3) is 0 Å². The summed E-state index contributed by atoms with van der Waals surface area (Å²) in [6, 6.07) is 9.33. The summed E-state index contributed by atoms with van der Waals surface area (Å²) in [4.78, 5) is 0.737. The topological polar surface area (TPSA) is 71.5 Å². The maximum absolute atomic E-state index is 12.3. The molecule has 0 bridgehead atoms. The predicted octanol–water partition coefficient (Wildman–Crippen LogP) is 2.77. The molecule has 0 radical (unpaired) electrons. The van der Waals surface area contributed by atoms with Gasteiger partial charge in [0.25, 0.3) is 0 Å². The fourth-order valence-electron chi connectivity index (χ4n) is 1.96. The number of thiophene rings is 1. The summed E-state index contributed by atoms with van der Waals surface area (Å²) in [7, 11) is -4.14. The van der Waals surface area contributed by atoms with Crippen LogP contribution in [0.15, 0.2) is 41.3 Å². The molecule has 9 heteroatoms. The van der Waals surface area contributed by atoms with Gasteiger partial charge in [-0.3, -0.25) is 0 Å². The molecule has 0 saturated carbocycles. The van der Waals surface area contributed by atoms with Crippen LogP contribution < -0.4 is 0 Å². The normalized spacial score (nSPS) is 12.7. The molecule has 0 aliphatic heterocycles. The van der Waals surface area contributed by atoms with Gasteiger partial charge in [-0.25, -0.2) is 21.1 Å². The molecule has 0 amide bonds. The summed E-state index contributed by atoms with van der Waals surface area (Å²) in [5, 5.41) is 0. The van der Waals surface area contributed by atoms with E-state index >= 15 is 0 Å². The van der Waals surface area contributed by atoms with Crippen LogP contribution in [0.1, 0.15) is 10.4 Å². The lowest BCUT2D eigenvalue weighted by molar-refractivity contribution is 0.520. The van der Waals surface area contributed by atoms with E-state index in [0.717, 1.165) is 4.31 Å². The van der Waals surface area contributed by atoms with Gasteiger partial charge in [-0.1, -0.05) is 23.7 Å². The zero-order valence-corrected chi connectivity index (χ0v) is 15.8. The Kier molecular flexibility index (Phi) is 5.52. The fourth-order valence-corrected chi connectivity index (χ4v) is 5.91. The van der Waals surface area contributed by atoms with Crippen LogP contribution >= 0.6 is 22.9 Å². The van der Waals surface area contributed by atoms with Crippen LogP contribution in [0, 0.1) is 0 Å².